The second-order valence-electron chi connectivity index (χ2n) is 5.69. The van der Waals surface area contributed by atoms with Gasteiger partial charge in [-0.2, -0.15) is 0 Å². The van der Waals surface area contributed by atoms with E-state index in [0.29, 0.717) is 0 Å². The van der Waals surface area contributed by atoms with Crippen molar-refractivity contribution in [3.8, 4) is 0 Å². The van der Waals surface area contributed by atoms with Gasteiger partial charge in [-0.3, -0.25) is 4.79 Å². The summed E-state index contributed by atoms with van der Waals surface area (Å²) in [5.41, 5.74) is -0.456. The maximum Gasteiger partial charge on any atom is 0.337 e. The van der Waals surface area contributed by atoms with Gasteiger partial charge in [-0.1, -0.05) is 49.4 Å². The quantitative estimate of drug-likeness (QED) is 0.851. The van der Waals surface area contributed by atoms with Gasteiger partial charge >= 0.3 is 5.97 Å². The molecule has 1 amide bonds. The van der Waals surface area contributed by atoms with E-state index in [1.54, 1.807) is 0 Å². The maximum absolute atomic E-state index is 12.5. The van der Waals surface area contributed by atoms with E-state index in [1.165, 1.54) is 12.1 Å². The predicted octanol–water partition coefficient (Wildman–Crippen LogP) is 4.60. The first-order valence-corrected chi connectivity index (χ1v) is 7.63. The fourth-order valence-corrected chi connectivity index (χ4v) is 3.23. The molecule has 1 aliphatic carbocycles. The van der Waals surface area contributed by atoms with Crippen LogP contribution in [-0.2, 0) is 4.79 Å². The molecule has 0 atom stereocenters. The average molecular weight is 330 g/mol. The first kappa shape index (κ1) is 16.1. The van der Waals surface area contributed by atoms with Gasteiger partial charge in [0.25, 0.3) is 0 Å². The minimum atomic E-state index is -1.18. The Morgan fingerprint density at radius 2 is 1.81 bits per heavy atom. The Morgan fingerprint density at radius 3 is 2.38 bits per heavy atom. The largest absolute Gasteiger partial charge is 0.478 e. The maximum atomic E-state index is 12.5. The number of carbonyl (C=O) groups is 2. The van der Waals surface area contributed by atoms with Crippen LogP contribution in [-0.4, -0.2) is 17.0 Å². The van der Waals surface area contributed by atoms with Crippen molar-refractivity contribution in [1.29, 1.82) is 0 Å². The molecule has 114 valence electrons. The lowest BCUT2D eigenvalue weighted by atomic mass is 9.75. The molecule has 0 aromatic heterocycles. The van der Waals surface area contributed by atoms with Crippen LogP contribution in [0.2, 0.25) is 10.0 Å². The van der Waals surface area contributed by atoms with Crippen molar-refractivity contribution >= 4 is 40.8 Å². The van der Waals surface area contributed by atoms with Gasteiger partial charge in [-0.15, -0.1) is 0 Å². The summed E-state index contributed by atoms with van der Waals surface area (Å²) in [5.74, 6) is -1.36. The number of hydrogen-bond donors (Lipinski definition) is 2. The lowest BCUT2D eigenvalue weighted by Crippen LogP contribution is -2.35. The molecule has 1 saturated carbocycles. The van der Waals surface area contributed by atoms with Gasteiger partial charge in [-0.25, -0.2) is 4.79 Å². The van der Waals surface area contributed by atoms with Crippen molar-refractivity contribution < 1.29 is 14.7 Å². The highest BCUT2D eigenvalue weighted by Crippen LogP contribution is 2.38. The number of halogens is 2. The molecule has 2 rings (SSSR count). The third-order valence-electron chi connectivity index (χ3n) is 4.03. The van der Waals surface area contributed by atoms with Crippen LogP contribution in [0.5, 0.6) is 0 Å². The Labute approximate surface area is 133 Å². The minimum absolute atomic E-state index is 0.0970. The zero-order chi connectivity index (χ0) is 15.6. The molecule has 4 nitrogen and oxygen atoms in total. The molecule has 1 fully saturated rings. The zero-order valence-corrected chi connectivity index (χ0v) is 13.2. The van der Waals surface area contributed by atoms with Crippen molar-refractivity contribution in [2.45, 2.75) is 39.0 Å². The van der Waals surface area contributed by atoms with Gasteiger partial charge < -0.3 is 10.4 Å². The summed E-state index contributed by atoms with van der Waals surface area (Å²) in [6.07, 6.45) is 4.73. The van der Waals surface area contributed by atoms with E-state index in [4.69, 9.17) is 23.2 Å². The molecule has 0 saturated heterocycles. The number of rotatable bonds is 3. The van der Waals surface area contributed by atoms with Crippen LogP contribution in [0.3, 0.4) is 0 Å². The van der Waals surface area contributed by atoms with Crippen molar-refractivity contribution in [3.63, 3.8) is 0 Å². The van der Waals surface area contributed by atoms with E-state index in [0.717, 1.165) is 32.1 Å². The standard InChI is InChI=1S/C15H17Cl2NO3/c1-15(5-3-2-4-6-15)14(21)18-12-10(13(19)20)7-9(16)8-11(12)17/h7-8H,2-6H2,1H3,(H,18,21)(H,19,20). The summed E-state index contributed by atoms with van der Waals surface area (Å²) in [4.78, 5) is 23.8. The molecule has 6 heteroatoms. The molecule has 0 spiro atoms. The number of carboxylic acids is 1. The van der Waals surface area contributed by atoms with E-state index in [1.807, 2.05) is 6.92 Å². The summed E-state index contributed by atoms with van der Waals surface area (Å²) >= 11 is 11.9. The van der Waals surface area contributed by atoms with Gasteiger partial charge in [0.05, 0.1) is 16.3 Å². The third kappa shape index (κ3) is 3.50. The lowest BCUT2D eigenvalue weighted by molar-refractivity contribution is -0.126. The van der Waals surface area contributed by atoms with Crippen LogP contribution < -0.4 is 5.32 Å². The third-order valence-corrected chi connectivity index (χ3v) is 4.55. The molecule has 2 N–H and O–H groups in total. The highest BCUT2D eigenvalue weighted by atomic mass is 35.5. The number of benzene rings is 1. The van der Waals surface area contributed by atoms with Gasteiger partial charge in [0.1, 0.15) is 0 Å². The molecular weight excluding hydrogens is 313 g/mol. The highest BCUT2D eigenvalue weighted by Gasteiger charge is 2.35. The fraction of sp³-hybridized carbons (Fsp3) is 0.467. The van der Waals surface area contributed by atoms with Crippen molar-refractivity contribution in [3.05, 3.63) is 27.7 Å². The molecular formula is C15H17Cl2NO3. The SMILES string of the molecule is CC1(C(=O)Nc2c(Cl)cc(Cl)cc2C(=O)O)CCCCC1. The van der Waals surface area contributed by atoms with Crippen molar-refractivity contribution in [2.24, 2.45) is 5.41 Å². The second kappa shape index (κ2) is 6.24. The first-order chi connectivity index (χ1) is 9.83. The van der Waals surface area contributed by atoms with E-state index in [9.17, 15) is 14.7 Å². The Kier molecular flexibility index (Phi) is 4.79. The van der Waals surface area contributed by atoms with Crippen LogP contribution in [0.25, 0.3) is 0 Å². The second-order valence-corrected chi connectivity index (χ2v) is 6.53. The van der Waals surface area contributed by atoms with Crippen LogP contribution >= 0.6 is 23.2 Å². The molecule has 21 heavy (non-hydrogen) atoms. The Hall–Kier alpha value is -1.26. The number of aromatic carboxylic acids is 1. The molecule has 0 heterocycles. The van der Waals surface area contributed by atoms with Crippen LogP contribution in [0.15, 0.2) is 12.1 Å². The van der Waals surface area contributed by atoms with Crippen LogP contribution in [0.4, 0.5) is 5.69 Å². The summed E-state index contributed by atoms with van der Waals surface area (Å²) in [6, 6.07) is 2.71. The number of anilines is 1. The summed E-state index contributed by atoms with van der Waals surface area (Å²) in [7, 11) is 0. The molecule has 0 bridgehead atoms. The van der Waals surface area contributed by atoms with Crippen LogP contribution in [0.1, 0.15) is 49.4 Å². The number of carbonyl (C=O) groups excluding carboxylic acids is 1. The minimum Gasteiger partial charge on any atom is -0.478 e. The average Bonchev–Trinajstić information content (AvgIpc) is 2.41. The lowest BCUT2D eigenvalue weighted by Gasteiger charge is -2.32. The normalized spacial score (nSPS) is 17.3. The summed E-state index contributed by atoms with van der Waals surface area (Å²) < 4.78 is 0. The topological polar surface area (TPSA) is 66.4 Å². The van der Waals surface area contributed by atoms with Gasteiger partial charge in [0.15, 0.2) is 0 Å². The molecule has 0 aliphatic heterocycles. The number of amides is 1. The predicted molar refractivity (Wildman–Crippen MR) is 83.2 cm³/mol. The van der Waals surface area contributed by atoms with E-state index < -0.39 is 11.4 Å². The van der Waals surface area contributed by atoms with Gasteiger partial charge in [0.2, 0.25) is 5.91 Å². The Bertz CT molecular complexity index is 581. The molecule has 1 aliphatic rings. The van der Waals surface area contributed by atoms with E-state index in [2.05, 4.69) is 5.32 Å². The van der Waals surface area contributed by atoms with Crippen molar-refractivity contribution in [1.82, 2.24) is 0 Å². The van der Waals surface area contributed by atoms with E-state index >= 15 is 0 Å². The number of hydrogen-bond acceptors (Lipinski definition) is 2. The molecule has 1 aromatic carbocycles. The summed E-state index contributed by atoms with van der Waals surface area (Å²) in [6.45, 7) is 1.91. The number of nitrogens with one attached hydrogen (secondary N) is 1. The van der Waals surface area contributed by atoms with Crippen molar-refractivity contribution in [2.75, 3.05) is 5.32 Å². The monoisotopic (exact) mass is 329 g/mol. The Balaban J connectivity index is 2.30. The van der Waals surface area contributed by atoms with Gasteiger partial charge in [-0.05, 0) is 25.0 Å². The zero-order valence-electron chi connectivity index (χ0n) is 11.7. The number of carboxylic acid groups (broad SMARTS) is 1. The smallest absolute Gasteiger partial charge is 0.337 e. The Morgan fingerprint density at radius 1 is 1.19 bits per heavy atom. The first-order valence-electron chi connectivity index (χ1n) is 6.87. The molecule has 0 radical (unpaired) electrons. The molecule has 1 aromatic rings. The molecule has 0 unspecified atom stereocenters. The fourth-order valence-electron chi connectivity index (χ4n) is 2.69. The van der Waals surface area contributed by atoms with Crippen LogP contribution in [0, 0.1) is 5.41 Å². The summed E-state index contributed by atoms with van der Waals surface area (Å²) in [5, 5.41) is 12.3. The highest BCUT2D eigenvalue weighted by molar-refractivity contribution is 6.37. The van der Waals surface area contributed by atoms with Gasteiger partial charge in [0, 0.05) is 10.4 Å². The van der Waals surface area contributed by atoms with E-state index in [-0.39, 0.29) is 27.2 Å².